The van der Waals surface area contributed by atoms with Gasteiger partial charge in [-0.15, -0.1) is 19.0 Å². The van der Waals surface area contributed by atoms with E-state index in [0.29, 0.717) is 0 Å². The molecule has 0 heterocycles. The molecule has 1 atom stereocenters. The smallest absolute Gasteiger partial charge is 0.152 e. The molecule has 90 valence electrons. The standard InChI is InChI=1S/C11H13Cl2NO.ClH/c1-2-3-4-10(14)7-5-8(12)11(15)9(13)6-7;/h2,5-6,10,15H,1,3-4,14H2;1H/t10-;/m1./s1. The van der Waals surface area contributed by atoms with Crippen LogP contribution in [-0.4, -0.2) is 5.11 Å². The van der Waals surface area contributed by atoms with E-state index in [-0.39, 0.29) is 34.2 Å². The average Bonchev–Trinajstić information content (AvgIpc) is 2.21. The van der Waals surface area contributed by atoms with Crippen LogP contribution in [-0.2, 0) is 0 Å². The molecule has 0 aliphatic carbocycles. The second kappa shape index (κ2) is 7.02. The lowest BCUT2D eigenvalue weighted by molar-refractivity contribution is 0.475. The normalized spacial score (nSPS) is 11.7. The van der Waals surface area contributed by atoms with Crippen molar-refractivity contribution in [3.63, 3.8) is 0 Å². The molecule has 16 heavy (non-hydrogen) atoms. The van der Waals surface area contributed by atoms with Crippen molar-refractivity contribution in [3.05, 3.63) is 40.4 Å². The first-order chi connectivity index (χ1) is 7.06. The predicted octanol–water partition coefficient (Wildman–Crippen LogP) is 4.09. The topological polar surface area (TPSA) is 46.2 Å². The van der Waals surface area contributed by atoms with Crippen LogP contribution in [0.25, 0.3) is 0 Å². The Bertz CT molecular complexity index is 345. The molecular formula is C11H14Cl3NO. The summed E-state index contributed by atoms with van der Waals surface area (Å²) in [4.78, 5) is 0. The van der Waals surface area contributed by atoms with Crippen molar-refractivity contribution in [2.45, 2.75) is 18.9 Å². The molecular weight excluding hydrogens is 268 g/mol. The number of hydrogen-bond acceptors (Lipinski definition) is 2. The van der Waals surface area contributed by atoms with Gasteiger partial charge in [0.05, 0.1) is 10.0 Å². The van der Waals surface area contributed by atoms with Crippen LogP contribution in [0, 0.1) is 0 Å². The fraction of sp³-hybridized carbons (Fsp3) is 0.273. The van der Waals surface area contributed by atoms with Gasteiger partial charge >= 0.3 is 0 Å². The molecule has 0 saturated heterocycles. The Labute approximate surface area is 111 Å². The molecule has 0 amide bonds. The summed E-state index contributed by atoms with van der Waals surface area (Å²) >= 11 is 11.6. The summed E-state index contributed by atoms with van der Waals surface area (Å²) in [6.45, 7) is 3.63. The number of allylic oxidation sites excluding steroid dienone is 1. The van der Waals surface area contributed by atoms with E-state index >= 15 is 0 Å². The van der Waals surface area contributed by atoms with Crippen LogP contribution in [0.5, 0.6) is 5.75 Å². The Kier molecular flexibility index (Phi) is 6.84. The van der Waals surface area contributed by atoms with Gasteiger partial charge < -0.3 is 10.8 Å². The molecule has 0 bridgehead atoms. The number of aromatic hydroxyl groups is 1. The highest BCUT2D eigenvalue weighted by Crippen LogP contribution is 2.34. The first kappa shape index (κ1) is 15.6. The molecule has 0 unspecified atom stereocenters. The maximum atomic E-state index is 9.37. The lowest BCUT2D eigenvalue weighted by Gasteiger charge is -2.12. The summed E-state index contributed by atoms with van der Waals surface area (Å²) < 4.78 is 0. The summed E-state index contributed by atoms with van der Waals surface area (Å²) in [5, 5.41) is 9.82. The van der Waals surface area contributed by atoms with E-state index in [1.165, 1.54) is 0 Å². The fourth-order valence-corrected chi connectivity index (χ4v) is 1.77. The zero-order valence-electron chi connectivity index (χ0n) is 8.62. The summed E-state index contributed by atoms with van der Waals surface area (Å²) in [6.07, 6.45) is 3.42. The van der Waals surface area contributed by atoms with Crippen molar-refractivity contribution in [1.29, 1.82) is 0 Å². The van der Waals surface area contributed by atoms with Gasteiger partial charge in [0.15, 0.2) is 5.75 Å². The molecule has 1 aromatic carbocycles. The predicted molar refractivity (Wildman–Crippen MR) is 71.7 cm³/mol. The van der Waals surface area contributed by atoms with Crippen molar-refractivity contribution in [2.75, 3.05) is 0 Å². The van der Waals surface area contributed by atoms with Crippen LogP contribution >= 0.6 is 35.6 Å². The number of phenols is 1. The SMILES string of the molecule is C=CCC[C@@H](N)c1cc(Cl)c(O)c(Cl)c1.Cl. The number of rotatable bonds is 4. The molecule has 1 aromatic rings. The van der Waals surface area contributed by atoms with E-state index in [0.717, 1.165) is 18.4 Å². The molecule has 0 fully saturated rings. The number of nitrogens with two attached hydrogens (primary N) is 1. The Hall–Kier alpha value is -0.410. The first-order valence-corrected chi connectivity index (χ1v) is 5.36. The maximum absolute atomic E-state index is 9.37. The number of benzene rings is 1. The Balaban J connectivity index is 0.00000225. The van der Waals surface area contributed by atoms with Crippen LogP contribution in [0.15, 0.2) is 24.8 Å². The minimum absolute atomic E-state index is 0. The second-order valence-electron chi connectivity index (χ2n) is 3.31. The first-order valence-electron chi connectivity index (χ1n) is 4.60. The van der Waals surface area contributed by atoms with Crippen LogP contribution in [0.2, 0.25) is 10.0 Å². The maximum Gasteiger partial charge on any atom is 0.152 e. The third-order valence-corrected chi connectivity index (χ3v) is 2.73. The van der Waals surface area contributed by atoms with Gasteiger partial charge in [-0.25, -0.2) is 0 Å². The Morgan fingerprint density at radius 1 is 1.38 bits per heavy atom. The molecule has 0 spiro atoms. The van der Waals surface area contributed by atoms with Gasteiger partial charge in [0, 0.05) is 6.04 Å². The number of hydrogen-bond donors (Lipinski definition) is 2. The van der Waals surface area contributed by atoms with Gasteiger partial charge in [0.1, 0.15) is 0 Å². The average molecular weight is 283 g/mol. The molecule has 0 saturated carbocycles. The second-order valence-corrected chi connectivity index (χ2v) is 4.12. The summed E-state index contributed by atoms with van der Waals surface area (Å²) in [5.41, 5.74) is 6.75. The zero-order valence-corrected chi connectivity index (χ0v) is 10.9. The Morgan fingerprint density at radius 2 is 1.88 bits per heavy atom. The van der Waals surface area contributed by atoms with Crippen LogP contribution < -0.4 is 5.73 Å². The van der Waals surface area contributed by atoms with E-state index in [1.54, 1.807) is 12.1 Å². The summed E-state index contributed by atoms with van der Waals surface area (Å²) in [6, 6.07) is 3.13. The minimum atomic E-state index is -0.140. The van der Waals surface area contributed by atoms with Crippen LogP contribution in [0.3, 0.4) is 0 Å². The van der Waals surface area contributed by atoms with Crippen molar-refractivity contribution >= 4 is 35.6 Å². The molecule has 0 aromatic heterocycles. The van der Waals surface area contributed by atoms with Crippen LogP contribution in [0.4, 0.5) is 0 Å². The van der Waals surface area contributed by atoms with Gasteiger partial charge in [0.25, 0.3) is 0 Å². The van der Waals surface area contributed by atoms with Gasteiger partial charge in [-0.3, -0.25) is 0 Å². The quantitative estimate of drug-likeness (QED) is 0.817. The van der Waals surface area contributed by atoms with Gasteiger partial charge in [-0.2, -0.15) is 0 Å². The zero-order chi connectivity index (χ0) is 11.4. The molecule has 0 aliphatic heterocycles. The minimum Gasteiger partial charge on any atom is -0.505 e. The van der Waals surface area contributed by atoms with E-state index in [1.807, 2.05) is 6.08 Å². The highest BCUT2D eigenvalue weighted by Gasteiger charge is 2.11. The van der Waals surface area contributed by atoms with Crippen molar-refractivity contribution in [2.24, 2.45) is 5.73 Å². The fourth-order valence-electron chi connectivity index (χ4n) is 1.26. The summed E-state index contributed by atoms with van der Waals surface area (Å²) in [7, 11) is 0. The van der Waals surface area contributed by atoms with Crippen LogP contribution in [0.1, 0.15) is 24.4 Å². The van der Waals surface area contributed by atoms with Gasteiger partial charge in [0.2, 0.25) is 0 Å². The molecule has 0 radical (unpaired) electrons. The van der Waals surface area contributed by atoms with Gasteiger partial charge in [-0.1, -0.05) is 29.3 Å². The molecule has 2 nitrogen and oxygen atoms in total. The van der Waals surface area contributed by atoms with E-state index in [4.69, 9.17) is 28.9 Å². The van der Waals surface area contributed by atoms with Crippen molar-refractivity contribution < 1.29 is 5.11 Å². The van der Waals surface area contributed by atoms with E-state index in [2.05, 4.69) is 6.58 Å². The molecule has 0 aliphatic rings. The molecule has 5 heteroatoms. The van der Waals surface area contributed by atoms with E-state index in [9.17, 15) is 5.11 Å². The lowest BCUT2D eigenvalue weighted by Crippen LogP contribution is -2.09. The Morgan fingerprint density at radius 3 is 2.31 bits per heavy atom. The summed E-state index contributed by atoms with van der Waals surface area (Å²) in [5.74, 6) is -0.0991. The monoisotopic (exact) mass is 281 g/mol. The molecule has 3 N–H and O–H groups in total. The number of phenolic OH excluding ortho intramolecular Hbond substituents is 1. The highest BCUT2D eigenvalue weighted by atomic mass is 35.5. The lowest BCUT2D eigenvalue weighted by atomic mass is 10.0. The van der Waals surface area contributed by atoms with Gasteiger partial charge in [-0.05, 0) is 30.5 Å². The van der Waals surface area contributed by atoms with E-state index < -0.39 is 0 Å². The van der Waals surface area contributed by atoms with Crippen molar-refractivity contribution in [1.82, 2.24) is 0 Å². The largest absolute Gasteiger partial charge is 0.505 e. The third-order valence-electron chi connectivity index (χ3n) is 2.15. The third kappa shape index (κ3) is 3.87. The molecule has 1 rings (SSSR count). The van der Waals surface area contributed by atoms with Crippen molar-refractivity contribution in [3.8, 4) is 5.75 Å². The number of halogens is 3. The highest BCUT2D eigenvalue weighted by molar-refractivity contribution is 6.37.